The molecule has 0 aromatic heterocycles. The quantitative estimate of drug-likeness (QED) is 0.290. The normalized spacial score (nSPS) is 14.7. The number of carbonyl (C=O) groups is 2. The van der Waals surface area contributed by atoms with Crippen molar-refractivity contribution in [3.8, 4) is 0 Å². The summed E-state index contributed by atoms with van der Waals surface area (Å²) in [6.07, 6.45) is 0. The Labute approximate surface area is 71.8 Å². The highest BCUT2D eigenvalue weighted by Crippen LogP contribution is 2.16. The van der Waals surface area contributed by atoms with Crippen molar-refractivity contribution in [3.63, 3.8) is 0 Å². The number of fused-ring (bicyclic) bond motifs is 1. The first kappa shape index (κ1) is 7.24. The molecule has 1 heterocycles. The van der Waals surface area contributed by atoms with Crippen LogP contribution >= 0.6 is 0 Å². The average Bonchev–Trinajstić information content (AvgIpc) is 2.29. The molecule has 3 nitrogen and oxygen atoms in total. The highest BCUT2D eigenvalue weighted by atomic mass is 28.1. The van der Waals surface area contributed by atoms with Gasteiger partial charge in [0.1, 0.15) is 0 Å². The minimum atomic E-state index is -0.521. The van der Waals surface area contributed by atoms with Gasteiger partial charge in [-0.3, -0.25) is 0 Å². The maximum atomic E-state index is 11.1. The molecule has 0 radical (unpaired) electrons. The van der Waals surface area contributed by atoms with Crippen molar-refractivity contribution in [2.45, 2.75) is 0 Å². The monoisotopic (exact) mass is 178 g/mol. The fourth-order valence-electron chi connectivity index (χ4n) is 1.30. The third kappa shape index (κ3) is 0.815. The van der Waals surface area contributed by atoms with E-state index in [1.54, 1.807) is 12.1 Å². The minimum absolute atomic E-state index is 0.410. The lowest BCUT2D eigenvalue weighted by atomic mass is 10.1. The number of rotatable bonds is 0. The summed E-state index contributed by atoms with van der Waals surface area (Å²) in [6.45, 7) is 0. The van der Waals surface area contributed by atoms with Gasteiger partial charge in [-0.2, -0.15) is 0 Å². The molecule has 1 aliphatic heterocycles. The summed E-state index contributed by atoms with van der Waals surface area (Å²) < 4.78 is 4.46. The Morgan fingerprint density at radius 2 is 1.92 bits per heavy atom. The Kier molecular flexibility index (Phi) is 1.38. The van der Waals surface area contributed by atoms with E-state index in [1.807, 2.05) is 6.07 Å². The van der Waals surface area contributed by atoms with Gasteiger partial charge in [0.05, 0.1) is 11.1 Å². The Bertz CT molecular complexity index is 384. The second-order valence-electron chi connectivity index (χ2n) is 2.67. The zero-order valence-electron chi connectivity index (χ0n) is 6.46. The number of hydrogen-bond acceptors (Lipinski definition) is 3. The van der Waals surface area contributed by atoms with Gasteiger partial charge in [0.2, 0.25) is 0 Å². The third-order valence-electron chi connectivity index (χ3n) is 1.88. The topological polar surface area (TPSA) is 43.4 Å². The number of carbonyl (C=O) groups excluding carboxylic acids is 2. The van der Waals surface area contributed by atoms with E-state index in [1.165, 1.54) is 0 Å². The molecule has 12 heavy (non-hydrogen) atoms. The molecule has 0 fully saturated rings. The van der Waals surface area contributed by atoms with Gasteiger partial charge in [-0.05, 0) is 6.07 Å². The molecule has 4 heteroatoms. The number of ether oxygens (including phenoxy) is 1. The standard InChI is InChI=1S/C8H6O3Si/c9-7-4-2-1-3-5(12)6(4)8(10)11-7/h1-3H,12H3. The minimum Gasteiger partial charge on any atom is -0.386 e. The smallest absolute Gasteiger partial charge is 0.346 e. The van der Waals surface area contributed by atoms with E-state index in [4.69, 9.17) is 0 Å². The van der Waals surface area contributed by atoms with E-state index < -0.39 is 11.9 Å². The van der Waals surface area contributed by atoms with Gasteiger partial charge >= 0.3 is 11.9 Å². The van der Waals surface area contributed by atoms with Gasteiger partial charge in [0.25, 0.3) is 0 Å². The largest absolute Gasteiger partial charge is 0.386 e. The van der Waals surface area contributed by atoms with Crippen LogP contribution in [0, 0.1) is 0 Å². The molecule has 1 aromatic carbocycles. The van der Waals surface area contributed by atoms with Gasteiger partial charge in [-0.1, -0.05) is 17.3 Å². The van der Waals surface area contributed by atoms with Crippen LogP contribution in [-0.4, -0.2) is 22.2 Å². The van der Waals surface area contributed by atoms with E-state index in [0.29, 0.717) is 11.1 Å². The highest BCUT2D eigenvalue weighted by molar-refractivity contribution is 6.38. The molecule has 0 saturated heterocycles. The van der Waals surface area contributed by atoms with Crippen LogP contribution in [0.25, 0.3) is 0 Å². The third-order valence-corrected chi connectivity index (χ3v) is 2.72. The van der Waals surface area contributed by atoms with Crippen LogP contribution in [0.4, 0.5) is 0 Å². The zero-order valence-corrected chi connectivity index (χ0v) is 8.46. The van der Waals surface area contributed by atoms with Crippen LogP contribution in [0.15, 0.2) is 18.2 Å². The number of esters is 2. The number of benzene rings is 1. The van der Waals surface area contributed by atoms with Gasteiger partial charge in [0, 0.05) is 10.2 Å². The highest BCUT2D eigenvalue weighted by Gasteiger charge is 2.30. The first-order valence-corrected chi connectivity index (χ1v) is 4.56. The Hall–Kier alpha value is -1.42. The van der Waals surface area contributed by atoms with Crippen LogP contribution in [0.2, 0.25) is 0 Å². The van der Waals surface area contributed by atoms with Gasteiger partial charge in [-0.25, -0.2) is 9.59 Å². The van der Waals surface area contributed by atoms with Crippen molar-refractivity contribution in [2.24, 2.45) is 0 Å². The van der Waals surface area contributed by atoms with Gasteiger partial charge in [-0.15, -0.1) is 0 Å². The molecule has 0 unspecified atom stereocenters. The summed E-state index contributed by atoms with van der Waals surface area (Å²) in [6, 6.07) is 5.22. The number of cyclic esters (lactones) is 2. The lowest BCUT2D eigenvalue weighted by Crippen LogP contribution is -2.13. The maximum absolute atomic E-state index is 11.1. The second kappa shape index (κ2) is 2.28. The molecule has 1 aromatic rings. The molecule has 0 amide bonds. The molecular formula is C8H6O3Si. The van der Waals surface area contributed by atoms with Crippen LogP contribution < -0.4 is 5.19 Å². The van der Waals surface area contributed by atoms with Gasteiger partial charge < -0.3 is 4.74 Å². The summed E-state index contributed by atoms with van der Waals surface area (Å²) in [5.74, 6) is -1.02. The zero-order chi connectivity index (χ0) is 8.72. The van der Waals surface area contributed by atoms with Crippen LogP contribution in [-0.2, 0) is 4.74 Å². The Morgan fingerprint density at radius 1 is 1.17 bits per heavy atom. The van der Waals surface area contributed by atoms with Crippen molar-refractivity contribution in [2.75, 3.05) is 0 Å². The summed E-state index contributed by atoms with van der Waals surface area (Å²) in [5.41, 5.74) is 0.877. The summed E-state index contributed by atoms with van der Waals surface area (Å²) in [5, 5.41) is 0.920. The van der Waals surface area contributed by atoms with Gasteiger partial charge in [0.15, 0.2) is 0 Å². The predicted molar refractivity (Wildman–Crippen MR) is 45.8 cm³/mol. The maximum Gasteiger partial charge on any atom is 0.346 e. The van der Waals surface area contributed by atoms with Crippen molar-refractivity contribution < 1.29 is 14.3 Å². The molecule has 1 aliphatic rings. The van der Waals surface area contributed by atoms with Crippen molar-refractivity contribution in [1.82, 2.24) is 0 Å². The predicted octanol–water partition coefficient (Wildman–Crippen LogP) is -1.01. The van der Waals surface area contributed by atoms with E-state index in [9.17, 15) is 9.59 Å². The second-order valence-corrected chi connectivity index (χ2v) is 3.75. The Morgan fingerprint density at radius 3 is 2.58 bits per heavy atom. The van der Waals surface area contributed by atoms with Crippen molar-refractivity contribution >= 4 is 27.4 Å². The fourth-order valence-corrected chi connectivity index (χ4v) is 1.96. The molecular weight excluding hydrogens is 172 g/mol. The lowest BCUT2D eigenvalue weighted by molar-refractivity contribution is 0.0444. The van der Waals surface area contributed by atoms with Crippen LogP contribution in [0.3, 0.4) is 0 Å². The van der Waals surface area contributed by atoms with Crippen LogP contribution in [0.5, 0.6) is 0 Å². The molecule has 0 saturated carbocycles. The number of hydrogen-bond donors (Lipinski definition) is 0. The summed E-state index contributed by atoms with van der Waals surface area (Å²) in [7, 11) is 0.750. The molecule has 0 N–H and O–H groups in total. The molecule has 0 aliphatic carbocycles. The molecule has 0 atom stereocenters. The lowest BCUT2D eigenvalue weighted by Gasteiger charge is -1.94. The summed E-state index contributed by atoms with van der Waals surface area (Å²) in [4.78, 5) is 22.1. The van der Waals surface area contributed by atoms with Crippen molar-refractivity contribution in [3.05, 3.63) is 29.3 Å². The molecule has 0 bridgehead atoms. The molecule has 0 spiro atoms. The average molecular weight is 178 g/mol. The molecule has 60 valence electrons. The molecule has 2 rings (SSSR count). The van der Waals surface area contributed by atoms with Crippen molar-refractivity contribution in [1.29, 1.82) is 0 Å². The Balaban J connectivity index is 2.75. The van der Waals surface area contributed by atoms with Crippen LogP contribution in [0.1, 0.15) is 20.7 Å². The first-order chi connectivity index (χ1) is 5.70. The fraction of sp³-hybridized carbons (Fsp3) is 0. The van der Waals surface area contributed by atoms with E-state index in [0.717, 1.165) is 15.4 Å². The van der Waals surface area contributed by atoms with E-state index >= 15 is 0 Å². The SMILES string of the molecule is O=C1OC(=O)c2c([SiH3])cccc21. The summed E-state index contributed by atoms with van der Waals surface area (Å²) >= 11 is 0. The van der Waals surface area contributed by atoms with E-state index in [2.05, 4.69) is 4.74 Å². The van der Waals surface area contributed by atoms with E-state index in [-0.39, 0.29) is 0 Å². The first-order valence-electron chi connectivity index (χ1n) is 3.56.